The van der Waals surface area contributed by atoms with E-state index in [0.717, 1.165) is 22.1 Å². The molecular weight excluding hydrogens is 244 g/mol. The standard InChI is InChI=1S/C12H13ClO2S/c1-7-9(12(14)15)4-5-10(13)11(7)16-6-8-2-3-8/h4-5,8H,2-3,6H2,1H3,(H,14,15). The summed E-state index contributed by atoms with van der Waals surface area (Å²) < 4.78 is 0. The second-order valence-electron chi connectivity index (χ2n) is 4.11. The van der Waals surface area contributed by atoms with Gasteiger partial charge in [0, 0.05) is 10.6 Å². The zero-order valence-corrected chi connectivity index (χ0v) is 10.6. The van der Waals surface area contributed by atoms with Gasteiger partial charge in [0.15, 0.2) is 0 Å². The molecule has 1 fully saturated rings. The fraction of sp³-hybridized carbons (Fsp3) is 0.417. The van der Waals surface area contributed by atoms with Gasteiger partial charge in [-0.15, -0.1) is 11.8 Å². The maximum absolute atomic E-state index is 11.0. The monoisotopic (exact) mass is 256 g/mol. The molecule has 1 aliphatic rings. The van der Waals surface area contributed by atoms with E-state index in [0.29, 0.717) is 10.6 Å². The number of aromatic carboxylic acids is 1. The SMILES string of the molecule is Cc1c(C(=O)O)ccc(Cl)c1SCC1CC1. The third kappa shape index (κ3) is 2.53. The first-order valence-corrected chi connectivity index (χ1v) is 6.61. The topological polar surface area (TPSA) is 37.3 Å². The zero-order valence-electron chi connectivity index (χ0n) is 9.00. The molecule has 2 rings (SSSR count). The lowest BCUT2D eigenvalue weighted by atomic mass is 10.1. The molecule has 0 amide bonds. The summed E-state index contributed by atoms with van der Waals surface area (Å²) in [6.45, 7) is 1.82. The van der Waals surface area contributed by atoms with Crippen LogP contribution in [0.3, 0.4) is 0 Å². The molecule has 2 nitrogen and oxygen atoms in total. The maximum atomic E-state index is 11.0. The van der Waals surface area contributed by atoms with Gasteiger partial charge in [-0.1, -0.05) is 11.6 Å². The summed E-state index contributed by atoms with van der Waals surface area (Å²) in [5.41, 5.74) is 1.13. The Morgan fingerprint density at radius 2 is 2.25 bits per heavy atom. The molecule has 1 saturated carbocycles. The summed E-state index contributed by atoms with van der Waals surface area (Å²) in [6.07, 6.45) is 2.59. The second kappa shape index (κ2) is 4.68. The number of benzene rings is 1. The predicted molar refractivity (Wildman–Crippen MR) is 66.6 cm³/mol. The molecule has 1 aromatic rings. The van der Waals surface area contributed by atoms with Crippen molar-refractivity contribution >= 4 is 29.3 Å². The summed E-state index contributed by atoms with van der Waals surface area (Å²) in [4.78, 5) is 11.9. The molecule has 0 aliphatic heterocycles. The van der Waals surface area contributed by atoms with Crippen LogP contribution >= 0.6 is 23.4 Å². The van der Waals surface area contributed by atoms with Crippen LogP contribution in [0.5, 0.6) is 0 Å². The third-order valence-corrected chi connectivity index (χ3v) is 4.63. The van der Waals surface area contributed by atoms with Crippen molar-refractivity contribution in [2.24, 2.45) is 5.92 Å². The number of carboxylic acids is 1. The van der Waals surface area contributed by atoms with Crippen molar-refractivity contribution in [3.63, 3.8) is 0 Å². The van der Waals surface area contributed by atoms with Crippen molar-refractivity contribution in [2.75, 3.05) is 5.75 Å². The Morgan fingerprint density at radius 1 is 1.56 bits per heavy atom. The number of hydrogen-bond acceptors (Lipinski definition) is 2. The van der Waals surface area contributed by atoms with Crippen molar-refractivity contribution in [1.82, 2.24) is 0 Å². The van der Waals surface area contributed by atoms with Crippen LogP contribution < -0.4 is 0 Å². The van der Waals surface area contributed by atoms with Crippen LogP contribution in [0.4, 0.5) is 0 Å². The molecule has 0 spiro atoms. The second-order valence-corrected chi connectivity index (χ2v) is 5.55. The van der Waals surface area contributed by atoms with Crippen LogP contribution in [0, 0.1) is 12.8 Å². The molecule has 0 radical (unpaired) electrons. The molecule has 0 atom stereocenters. The molecule has 0 bridgehead atoms. The molecular formula is C12H13ClO2S. The fourth-order valence-corrected chi connectivity index (χ4v) is 3.19. The lowest BCUT2D eigenvalue weighted by Gasteiger charge is -2.10. The molecule has 0 heterocycles. The molecule has 0 unspecified atom stereocenters. The van der Waals surface area contributed by atoms with Crippen LogP contribution in [-0.2, 0) is 0 Å². The smallest absolute Gasteiger partial charge is 0.335 e. The highest BCUT2D eigenvalue weighted by molar-refractivity contribution is 7.99. The highest BCUT2D eigenvalue weighted by atomic mass is 35.5. The molecule has 16 heavy (non-hydrogen) atoms. The largest absolute Gasteiger partial charge is 0.478 e. The molecule has 86 valence electrons. The quantitative estimate of drug-likeness (QED) is 0.832. The normalized spacial score (nSPS) is 15.1. The zero-order chi connectivity index (χ0) is 11.7. The third-order valence-electron chi connectivity index (χ3n) is 2.75. The Kier molecular flexibility index (Phi) is 3.45. The van der Waals surface area contributed by atoms with Crippen LogP contribution in [0.15, 0.2) is 17.0 Å². The van der Waals surface area contributed by atoms with Gasteiger partial charge in [-0.05, 0) is 43.4 Å². The lowest BCUT2D eigenvalue weighted by Crippen LogP contribution is -2.01. The molecule has 0 saturated heterocycles. The summed E-state index contributed by atoms with van der Waals surface area (Å²) in [5.74, 6) is 0.959. The molecule has 1 aliphatic carbocycles. The molecule has 1 aromatic carbocycles. The van der Waals surface area contributed by atoms with Gasteiger partial charge in [0.05, 0.1) is 10.6 Å². The Labute approximate surface area is 104 Å². The number of thioether (sulfide) groups is 1. The molecule has 4 heteroatoms. The number of carbonyl (C=O) groups is 1. The average molecular weight is 257 g/mol. The molecule has 0 aromatic heterocycles. The van der Waals surface area contributed by atoms with E-state index in [4.69, 9.17) is 16.7 Å². The van der Waals surface area contributed by atoms with E-state index in [1.54, 1.807) is 23.9 Å². The van der Waals surface area contributed by atoms with Gasteiger partial charge in [0.25, 0.3) is 0 Å². The van der Waals surface area contributed by atoms with Crippen LogP contribution in [0.2, 0.25) is 5.02 Å². The number of carboxylic acid groups (broad SMARTS) is 1. The van der Waals surface area contributed by atoms with Crippen LogP contribution in [-0.4, -0.2) is 16.8 Å². The van der Waals surface area contributed by atoms with E-state index in [9.17, 15) is 4.79 Å². The Bertz CT molecular complexity index is 427. The van der Waals surface area contributed by atoms with Gasteiger partial charge in [0.1, 0.15) is 0 Å². The van der Waals surface area contributed by atoms with E-state index >= 15 is 0 Å². The highest BCUT2D eigenvalue weighted by Gasteiger charge is 2.22. The van der Waals surface area contributed by atoms with E-state index in [-0.39, 0.29) is 0 Å². The summed E-state index contributed by atoms with van der Waals surface area (Å²) in [5, 5.41) is 9.68. The Hall–Kier alpha value is -0.670. The van der Waals surface area contributed by atoms with Gasteiger partial charge in [-0.2, -0.15) is 0 Å². The van der Waals surface area contributed by atoms with Gasteiger partial charge in [-0.25, -0.2) is 4.79 Å². The van der Waals surface area contributed by atoms with E-state index < -0.39 is 5.97 Å². The number of hydrogen-bond donors (Lipinski definition) is 1. The van der Waals surface area contributed by atoms with Gasteiger partial charge in [0.2, 0.25) is 0 Å². The maximum Gasteiger partial charge on any atom is 0.335 e. The summed E-state index contributed by atoms with van der Waals surface area (Å²) >= 11 is 7.78. The average Bonchev–Trinajstić information content (AvgIpc) is 3.00. The summed E-state index contributed by atoms with van der Waals surface area (Å²) in [7, 11) is 0. The van der Waals surface area contributed by atoms with Crippen molar-refractivity contribution < 1.29 is 9.90 Å². The van der Waals surface area contributed by atoms with E-state index in [1.165, 1.54) is 12.8 Å². The minimum Gasteiger partial charge on any atom is -0.478 e. The van der Waals surface area contributed by atoms with Crippen molar-refractivity contribution in [1.29, 1.82) is 0 Å². The predicted octanol–water partition coefficient (Wildman–Crippen LogP) is 3.85. The van der Waals surface area contributed by atoms with Gasteiger partial charge < -0.3 is 5.11 Å². The number of rotatable bonds is 4. The van der Waals surface area contributed by atoms with Crippen LogP contribution in [0.25, 0.3) is 0 Å². The minimum atomic E-state index is -0.887. The summed E-state index contributed by atoms with van der Waals surface area (Å²) in [6, 6.07) is 3.24. The van der Waals surface area contributed by atoms with Crippen LogP contribution in [0.1, 0.15) is 28.8 Å². The first-order valence-electron chi connectivity index (χ1n) is 5.24. The van der Waals surface area contributed by atoms with Crippen molar-refractivity contribution in [2.45, 2.75) is 24.7 Å². The van der Waals surface area contributed by atoms with Gasteiger partial charge >= 0.3 is 5.97 Å². The fourth-order valence-electron chi connectivity index (χ4n) is 1.55. The lowest BCUT2D eigenvalue weighted by molar-refractivity contribution is 0.0696. The Morgan fingerprint density at radius 3 is 2.81 bits per heavy atom. The van der Waals surface area contributed by atoms with Crippen molar-refractivity contribution in [3.05, 3.63) is 28.3 Å². The van der Waals surface area contributed by atoms with Gasteiger partial charge in [-0.3, -0.25) is 0 Å². The number of halogens is 1. The minimum absolute atomic E-state index is 0.350. The molecule has 1 N–H and O–H groups in total. The highest BCUT2D eigenvalue weighted by Crippen LogP contribution is 2.39. The first kappa shape index (κ1) is 11.8. The van der Waals surface area contributed by atoms with E-state index in [1.807, 2.05) is 6.92 Å². The van der Waals surface area contributed by atoms with E-state index in [2.05, 4.69) is 0 Å². The van der Waals surface area contributed by atoms with Crippen molar-refractivity contribution in [3.8, 4) is 0 Å². The first-order chi connectivity index (χ1) is 7.59. The Balaban J connectivity index is 2.25.